The number of aryl methyl sites for hydroxylation is 2. The number of ether oxygens (including phenoxy) is 1. The van der Waals surface area contributed by atoms with E-state index in [0.717, 1.165) is 35.2 Å². The number of nitrogens with zero attached hydrogens (tertiary/aromatic N) is 2. The molecule has 4 nitrogen and oxygen atoms in total. The summed E-state index contributed by atoms with van der Waals surface area (Å²) in [5.41, 5.74) is 3.53. The van der Waals surface area contributed by atoms with Crippen LogP contribution in [0.15, 0.2) is 42.5 Å². The maximum Gasteiger partial charge on any atom is 0.316 e. The molecule has 1 atom stereocenters. The van der Waals surface area contributed by atoms with E-state index in [1.54, 1.807) is 7.11 Å². The lowest BCUT2D eigenvalue weighted by Crippen LogP contribution is -2.41. The molecule has 2 aromatic rings. The van der Waals surface area contributed by atoms with Gasteiger partial charge in [0.1, 0.15) is 11.4 Å². The van der Waals surface area contributed by atoms with Crippen LogP contribution in [0.4, 0.5) is 5.69 Å². The lowest BCUT2D eigenvalue weighted by Gasteiger charge is -2.24. The van der Waals surface area contributed by atoms with E-state index in [1.165, 1.54) is 16.8 Å². The molecule has 0 aliphatic carbocycles. The third-order valence-electron chi connectivity index (χ3n) is 5.25. The molecule has 1 N–H and O–H groups in total. The largest absolute Gasteiger partial charge is 0.497 e. The van der Waals surface area contributed by atoms with Crippen molar-refractivity contribution in [2.24, 2.45) is 0 Å². The van der Waals surface area contributed by atoms with Crippen molar-refractivity contribution < 1.29 is 14.4 Å². The lowest BCUT2D eigenvalue weighted by atomic mass is 10.0. The van der Waals surface area contributed by atoms with Crippen LogP contribution in [0.5, 0.6) is 5.75 Å². The first-order valence-electron chi connectivity index (χ1n) is 9.02. The Morgan fingerprint density at radius 2 is 1.92 bits per heavy atom. The van der Waals surface area contributed by atoms with Gasteiger partial charge in [-0.05, 0) is 73.5 Å². The summed E-state index contributed by atoms with van der Waals surface area (Å²) >= 11 is 1.84. The Hall–Kier alpha value is -1.98. The number of rotatable bonds is 3. The van der Waals surface area contributed by atoms with Crippen LogP contribution in [0, 0.1) is 13.8 Å². The SMILES string of the molecule is COc1ccc(C2(O)CN(c3cc(C)ccc3C)C3=[N+]2CCCS3)cc1. The van der Waals surface area contributed by atoms with Crippen molar-refractivity contribution >= 4 is 22.6 Å². The van der Waals surface area contributed by atoms with Crippen molar-refractivity contribution in [3.05, 3.63) is 59.2 Å². The van der Waals surface area contributed by atoms with E-state index in [9.17, 15) is 5.11 Å². The third kappa shape index (κ3) is 2.79. The van der Waals surface area contributed by atoms with Gasteiger partial charge < -0.3 is 9.84 Å². The van der Waals surface area contributed by atoms with Crippen LogP contribution < -0.4 is 9.64 Å². The van der Waals surface area contributed by atoms with Crippen LogP contribution in [0.25, 0.3) is 0 Å². The van der Waals surface area contributed by atoms with Crippen molar-refractivity contribution in [2.75, 3.05) is 30.9 Å². The highest BCUT2D eigenvalue weighted by atomic mass is 32.2. The number of β-amino-alcohol motifs (C(OH)–C–C–N with tert-alkyl or cyclic N) is 1. The van der Waals surface area contributed by atoms with E-state index < -0.39 is 5.72 Å². The molecule has 2 aliphatic rings. The van der Waals surface area contributed by atoms with Gasteiger partial charge in [0.25, 0.3) is 5.72 Å². The van der Waals surface area contributed by atoms with Crippen LogP contribution in [0.3, 0.4) is 0 Å². The highest BCUT2D eigenvalue weighted by Crippen LogP contribution is 2.39. The van der Waals surface area contributed by atoms with Crippen LogP contribution in [-0.4, -0.2) is 40.8 Å². The Morgan fingerprint density at radius 1 is 1.15 bits per heavy atom. The second-order valence-electron chi connectivity index (χ2n) is 7.06. The van der Waals surface area contributed by atoms with Crippen molar-refractivity contribution in [3.8, 4) is 5.75 Å². The Balaban J connectivity index is 1.80. The number of hydrogen-bond donors (Lipinski definition) is 1. The molecule has 2 aromatic carbocycles. The van der Waals surface area contributed by atoms with Crippen LogP contribution in [0.1, 0.15) is 23.1 Å². The maximum atomic E-state index is 11.7. The van der Waals surface area contributed by atoms with Crippen molar-refractivity contribution in [1.82, 2.24) is 0 Å². The minimum absolute atomic E-state index is 0.534. The van der Waals surface area contributed by atoms with E-state index in [1.807, 2.05) is 36.0 Å². The Kier molecular flexibility index (Phi) is 4.45. The van der Waals surface area contributed by atoms with Gasteiger partial charge in [-0.1, -0.05) is 12.1 Å². The van der Waals surface area contributed by atoms with Crippen molar-refractivity contribution in [1.29, 1.82) is 0 Å². The number of hydrogen-bond acceptors (Lipinski definition) is 4. The number of benzene rings is 2. The van der Waals surface area contributed by atoms with Crippen molar-refractivity contribution in [3.63, 3.8) is 0 Å². The summed E-state index contributed by atoms with van der Waals surface area (Å²) in [5, 5.41) is 12.9. The van der Waals surface area contributed by atoms with E-state index in [2.05, 4.69) is 41.5 Å². The minimum atomic E-state index is -1.02. The van der Waals surface area contributed by atoms with Gasteiger partial charge in [0.05, 0.1) is 13.7 Å². The molecule has 2 aliphatic heterocycles. The average Bonchev–Trinajstić information content (AvgIpc) is 2.98. The van der Waals surface area contributed by atoms with Gasteiger partial charge >= 0.3 is 5.17 Å². The fraction of sp³-hybridized carbons (Fsp3) is 0.381. The quantitative estimate of drug-likeness (QED) is 0.841. The molecule has 0 spiro atoms. The van der Waals surface area contributed by atoms with Gasteiger partial charge in [0.15, 0.2) is 6.54 Å². The predicted molar refractivity (Wildman–Crippen MR) is 107 cm³/mol. The minimum Gasteiger partial charge on any atom is -0.497 e. The summed E-state index contributed by atoms with van der Waals surface area (Å²) in [4.78, 5) is 2.29. The highest BCUT2D eigenvalue weighted by molar-refractivity contribution is 8.13. The summed E-state index contributed by atoms with van der Waals surface area (Å²) in [6, 6.07) is 14.3. The molecule has 4 rings (SSSR count). The summed E-state index contributed by atoms with van der Waals surface area (Å²) in [7, 11) is 1.66. The molecule has 0 aromatic heterocycles. The maximum absolute atomic E-state index is 11.7. The zero-order valence-corrected chi connectivity index (χ0v) is 16.3. The van der Waals surface area contributed by atoms with Gasteiger partial charge in [0.2, 0.25) is 0 Å². The Bertz CT molecular complexity index is 863. The van der Waals surface area contributed by atoms with Crippen LogP contribution in [-0.2, 0) is 5.72 Å². The zero-order valence-electron chi connectivity index (χ0n) is 15.5. The summed E-state index contributed by atoms with van der Waals surface area (Å²) in [6.07, 6.45) is 1.08. The zero-order chi connectivity index (χ0) is 18.3. The van der Waals surface area contributed by atoms with Crippen LogP contribution >= 0.6 is 11.8 Å². The number of methoxy groups -OCH3 is 1. The van der Waals surface area contributed by atoms with Gasteiger partial charge in [-0.3, -0.25) is 0 Å². The molecular formula is C21H25N2O2S+. The van der Waals surface area contributed by atoms with Crippen molar-refractivity contribution in [2.45, 2.75) is 26.0 Å². The Labute approximate surface area is 159 Å². The van der Waals surface area contributed by atoms with E-state index in [4.69, 9.17) is 4.74 Å². The highest BCUT2D eigenvalue weighted by Gasteiger charge is 2.53. The fourth-order valence-corrected chi connectivity index (χ4v) is 4.98. The lowest BCUT2D eigenvalue weighted by molar-refractivity contribution is -0.656. The molecule has 0 saturated carbocycles. The summed E-state index contributed by atoms with van der Waals surface area (Å²) in [5.74, 6) is 1.89. The van der Waals surface area contributed by atoms with E-state index in [0.29, 0.717) is 6.54 Å². The molecule has 1 unspecified atom stereocenters. The molecule has 136 valence electrons. The van der Waals surface area contributed by atoms with Gasteiger partial charge in [0, 0.05) is 11.3 Å². The van der Waals surface area contributed by atoms with Gasteiger partial charge in [-0.15, -0.1) is 0 Å². The molecule has 0 saturated heterocycles. The summed E-state index contributed by atoms with van der Waals surface area (Å²) < 4.78 is 7.45. The van der Waals surface area contributed by atoms with Gasteiger partial charge in [-0.2, -0.15) is 0 Å². The normalized spacial score (nSPS) is 22.5. The first kappa shape index (κ1) is 17.4. The molecule has 26 heavy (non-hydrogen) atoms. The topological polar surface area (TPSA) is 35.7 Å². The second kappa shape index (κ2) is 6.63. The van der Waals surface area contributed by atoms with E-state index >= 15 is 0 Å². The van der Waals surface area contributed by atoms with E-state index in [-0.39, 0.29) is 0 Å². The number of amidine groups is 1. The predicted octanol–water partition coefficient (Wildman–Crippen LogP) is 3.48. The molecule has 0 radical (unpaired) electrons. The standard InChI is InChI=1S/C21H25N2O2S/c1-15-5-6-16(2)19(13-15)22-14-21(24,23-11-4-12-26-20(22)23)17-7-9-18(25-3)10-8-17/h5-10,13,24H,4,11-12,14H2,1-3H3/q+1. The molecule has 0 bridgehead atoms. The first-order chi connectivity index (χ1) is 12.5. The monoisotopic (exact) mass is 369 g/mol. The van der Waals surface area contributed by atoms with Crippen LogP contribution in [0.2, 0.25) is 0 Å². The van der Waals surface area contributed by atoms with Gasteiger partial charge in [-0.25, -0.2) is 9.48 Å². The number of anilines is 1. The molecule has 5 heteroatoms. The smallest absolute Gasteiger partial charge is 0.316 e. The summed E-state index contributed by atoms with van der Waals surface area (Å²) in [6.45, 7) is 5.65. The Morgan fingerprint density at radius 3 is 2.65 bits per heavy atom. The first-order valence-corrected chi connectivity index (χ1v) is 10.0. The molecule has 2 heterocycles. The number of aliphatic hydroxyl groups is 1. The molecule has 0 amide bonds. The number of thioether (sulfide) groups is 1. The molecular weight excluding hydrogens is 344 g/mol. The third-order valence-corrected chi connectivity index (χ3v) is 6.44. The fourth-order valence-electron chi connectivity index (χ4n) is 3.80. The average molecular weight is 370 g/mol. The second-order valence-corrected chi connectivity index (χ2v) is 8.12. The molecule has 0 fully saturated rings.